The zero-order valence-corrected chi connectivity index (χ0v) is 13.9. The van der Waals surface area contributed by atoms with Crippen LogP contribution >= 0.6 is 0 Å². The number of piperidine rings is 1. The maximum absolute atomic E-state index is 14.4. The largest absolute Gasteiger partial charge is 0.483 e. The number of likely N-dealkylation sites (tertiary alicyclic amines) is 1. The quantitative estimate of drug-likeness (QED) is 0.827. The van der Waals surface area contributed by atoms with Gasteiger partial charge in [-0.15, -0.1) is 0 Å². The average Bonchev–Trinajstić information content (AvgIpc) is 2.47. The second kappa shape index (κ2) is 6.63. The fourth-order valence-corrected chi connectivity index (χ4v) is 2.36. The molecule has 5 nitrogen and oxygen atoms in total. The minimum Gasteiger partial charge on any atom is -0.483 e. The minimum absolute atomic E-state index is 0.0496. The van der Waals surface area contributed by atoms with Gasteiger partial charge in [0.25, 0.3) is 0 Å². The van der Waals surface area contributed by atoms with Crippen LogP contribution in [-0.2, 0) is 4.74 Å². The van der Waals surface area contributed by atoms with Crippen molar-refractivity contribution in [2.45, 2.75) is 44.8 Å². The highest BCUT2D eigenvalue weighted by Gasteiger charge is 2.48. The molecule has 1 heterocycles. The summed E-state index contributed by atoms with van der Waals surface area (Å²) in [5.74, 6) is -3.12. The van der Waals surface area contributed by atoms with E-state index in [1.54, 1.807) is 32.9 Å². The molecule has 7 heteroatoms. The number of carbonyl (C=O) groups excluding carboxylic acids is 1. The molecule has 1 amide bonds. The topological polar surface area (TPSA) is 62.6 Å². The number of halogens is 2. The van der Waals surface area contributed by atoms with Crippen LogP contribution in [0.15, 0.2) is 24.3 Å². The third kappa shape index (κ3) is 4.34. The van der Waals surface area contributed by atoms with Gasteiger partial charge >= 0.3 is 12.0 Å². The van der Waals surface area contributed by atoms with Gasteiger partial charge in [-0.1, -0.05) is 12.1 Å². The molecule has 0 N–H and O–H groups in total. The molecule has 1 aliphatic heterocycles. The number of rotatable bonds is 2. The zero-order chi connectivity index (χ0) is 18.0. The second-order valence-corrected chi connectivity index (χ2v) is 6.67. The van der Waals surface area contributed by atoms with Crippen LogP contribution in [0.5, 0.6) is 5.75 Å². The first-order valence-electron chi connectivity index (χ1n) is 7.64. The van der Waals surface area contributed by atoms with Gasteiger partial charge in [-0.3, -0.25) is 0 Å². The van der Waals surface area contributed by atoms with Crippen LogP contribution in [0.25, 0.3) is 0 Å². The molecule has 1 atom stereocenters. The van der Waals surface area contributed by atoms with Gasteiger partial charge < -0.3 is 14.4 Å². The summed E-state index contributed by atoms with van der Waals surface area (Å²) in [5.41, 5.74) is -0.547. The van der Waals surface area contributed by atoms with Crippen molar-refractivity contribution in [1.82, 2.24) is 4.90 Å². The van der Waals surface area contributed by atoms with Crippen molar-refractivity contribution in [2.24, 2.45) is 0 Å². The highest BCUT2D eigenvalue weighted by Crippen LogP contribution is 2.32. The van der Waals surface area contributed by atoms with Crippen LogP contribution < -0.4 is 4.74 Å². The van der Waals surface area contributed by atoms with E-state index in [0.29, 0.717) is 0 Å². The molecule has 0 bridgehead atoms. The molecule has 1 aromatic rings. The van der Waals surface area contributed by atoms with Crippen molar-refractivity contribution in [1.29, 1.82) is 5.26 Å². The van der Waals surface area contributed by atoms with Crippen molar-refractivity contribution in [3.05, 3.63) is 29.8 Å². The fourth-order valence-electron chi connectivity index (χ4n) is 2.36. The SMILES string of the molecule is CC(C)(C)OC(=O)N1CCC(Oc2ccccc2C#N)C(F)(F)C1. The molecule has 1 fully saturated rings. The summed E-state index contributed by atoms with van der Waals surface area (Å²) in [5, 5.41) is 9.01. The van der Waals surface area contributed by atoms with Crippen molar-refractivity contribution >= 4 is 6.09 Å². The number of nitrogens with zero attached hydrogens (tertiary/aromatic N) is 2. The fraction of sp³-hybridized carbons (Fsp3) is 0.529. The third-order valence-electron chi connectivity index (χ3n) is 3.46. The molecule has 1 aliphatic rings. The normalized spacial score (nSPS) is 20.2. The Hall–Kier alpha value is -2.36. The summed E-state index contributed by atoms with van der Waals surface area (Å²) < 4.78 is 39.3. The van der Waals surface area contributed by atoms with E-state index in [1.165, 1.54) is 12.1 Å². The molecule has 2 rings (SSSR count). The van der Waals surface area contributed by atoms with Gasteiger partial charge in [0.05, 0.1) is 12.1 Å². The summed E-state index contributed by atoms with van der Waals surface area (Å²) in [6, 6.07) is 8.14. The standard InChI is InChI=1S/C17H20F2N2O3/c1-16(2,3)24-15(22)21-9-8-14(17(18,19)11-21)23-13-7-5-4-6-12(13)10-20/h4-7,14H,8-9,11H2,1-3H3. The van der Waals surface area contributed by atoms with Gasteiger partial charge in [0.15, 0.2) is 6.10 Å². The van der Waals surface area contributed by atoms with Gasteiger partial charge in [0.1, 0.15) is 17.4 Å². The van der Waals surface area contributed by atoms with E-state index in [4.69, 9.17) is 14.7 Å². The van der Waals surface area contributed by atoms with E-state index in [9.17, 15) is 13.6 Å². The van der Waals surface area contributed by atoms with Crippen LogP contribution in [-0.4, -0.2) is 41.7 Å². The number of hydrogen-bond donors (Lipinski definition) is 0. The molecule has 0 spiro atoms. The first-order chi connectivity index (χ1) is 11.1. The number of amides is 1. The molecule has 1 aromatic carbocycles. The van der Waals surface area contributed by atoms with E-state index >= 15 is 0 Å². The molecule has 0 aromatic heterocycles. The number of nitriles is 1. The lowest BCUT2D eigenvalue weighted by molar-refractivity contribution is -0.137. The molecular formula is C17H20F2N2O3. The van der Waals surface area contributed by atoms with Crippen LogP contribution in [0.1, 0.15) is 32.8 Å². The van der Waals surface area contributed by atoms with Crippen LogP contribution in [0.2, 0.25) is 0 Å². The number of carbonyl (C=O) groups is 1. The number of ether oxygens (including phenoxy) is 2. The van der Waals surface area contributed by atoms with Crippen molar-refractivity contribution in [3.8, 4) is 11.8 Å². The molecule has 0 saturated carbocycles. The van der Waals surface area contributed by atoms with Crippen LogP contribution in [0.4, 0.5) is 13.6 Å². The lowest BCUT2D eigenvalue weighted by Crippen LogP contribution is -2.56. The zero-order valence-electron chi connectivity index (χ0n) is 13.9. The highest BCUT2D eigenvalue weighted by molar-refractivity contribution is 5.68. The lowest BCUT2D eigenvalue weighted by atomic mass is 10.0. The van der Waals surface area contributed by atoms with Crippen molar-refractivity contribution in [2.75, 3.05) is 13.1 Å². The summed E-state index contributed by atoms with van der Waals surface area (Å²) in [6.07, 6.45) is -2.21. The molecule has 1 saturated heterocycles. The highest BCUT2D eigenvalue weighted by atomic mass is 19.3. The van der Waals surface area contributed by atoms with Crippen LogP contribution in [0, 0.1) is 11.3 Å². The summed E-state index contributed by atoms with van der Waals surface area (Å²) in [6.45, 7) is 4.36. The lowest BCUT2D eigenvalue weighted by Gasteiger charge is -2.38. The Morgan fingerprint density at radius 2 is 2.04 bits per heavy atom. The van der Waals surface area contributed by atoms with Gasteiger partial charge in [-0.2, -0.15) is 5.26 Å². The summed E-state index contributed by atoms with van der Waals surface area (Å²) in [7, 11) is 0. The van der Waals surface area contributed by atoms with E-state index in [2.05, 4.69) is 0 Å². The molecular weight excluding hydrogens is 318 g/mol. The summed E-state index contributed by atoms with van der Waals surface area (Å²) >= 11 is 0. The first-order valence-corrected chi connectivity index (χ1v) is 7.64. The van der Waals surface area contributed by atoms with Gasteiger partial charge in [0, 0.05) is 13.0 Å². The molecule has 24 heavy (non-hydrogen) atoms. The van der Waals surface area contributed by atoms with Gasteiger partial charge in [-0.25, -0.2) is 13.6 Å². The molecule has 0 radical (unpaired) electrons. The Bertz CT molecular complexity index is 650. The monoisotopic (exact) mass is 338 g/mol. The second-order valence-electron chi connectivity index (χ2n) is 6.67. The van der Waals surface area contributed by atoms with E-state index < -0.39 is 30.3 Å². The smallest absolute Gasteiger partial charge is 0.410 e. The van der Waals surface area contributed by atoms with E-state index in [-0.39, 0.29) is 24.3 Å². The summed E-state index contributed by atoms with van der Waals surface area (Å²) in [4.78, 5) is 12.9. The first kappa shape index (κ1) is 18.0. The molecule has 1 unspecified atom stereocenters. The average molecular weight is 338 g/mol. The van der Waals surface area contributed by atoms with Gasteiger partial charge in [0.2, 0.25) is 0 Å². The van der Waals surface area contributed by atoms with Crippen LogP contribution in [0.3, 0.4) is 0 Å². The molecule has 0 aliphatic carbocycles. The number of alkyl halides is 2. The number of benzene rings is 1. The van der Waals surface area contributed by atoms with E-state index in [1.807, 2.05) is 6.07 Å². The van der Waals surface area contributed by atoms with Gasteiger partial charge in [-0.05, 0) is 32.9 Å². The predicted octanol–water partition coefficient (Wildman–Crippen LogP) is 3.58. The Kier molecular flexibility index (Phi) is 4.97. The number of para-hydroxylation sites is 1. The maximum Gasteiger partial charge on any atom is 0.410 e. The maximum atomic E-state index is 14.4. The predicted molar refractivity (Wildman–Crippen MR) is 82.9 cm³/mol. The minimum atomic E-state index is -3.24. The molecule has 130 valence electrons. The van der Waals surface area contributed by atoms with Crippen molar-refractivity contribution < 1.29 is 23.0 Å². The Balaban J connectivity index is 2.07. The van der Waals surface area contributed by atoms with Crippen molar-refractivity contribution in [3.63, 3.8) is 0 Å². The Morgan fingerprint density at radius 1 is 1.38 bits per heavy atom. The Morgan fingerprint density at radius 3 is 2.62 bits per heavy atom. The Labute approximate surface area is 139 Å². The number of hydrogen-bond acceptors (Lipinski definition) is 4. The van der Waals surface area contributed by atoms with E-state index in [0.717, 1.165) is 4.90 Å². The third-order valence-corrected chi connectivity index (χ3v) is 3.46.